The van der Waals surface area contributed by atoms with Gasteiger partial charge in [0.05, 0.1) is 16.8 Å². The third-order valence-corrected chi connectivity index (χ3v) is 4.05. The van der Waals surface area contributed by atoms with Gasteiger partial charge in [0.25, 0.3) is 0 Å². The second kappa shape index (κ2) is 5.39. The number of carbonyl (C=O) groups is 2. The number of hydrogen-bond donors (Lipinski definition) is 2. The maximum Gasteiger partial charge on any atom is 0.188 e. The van der Waals surface area contributed by atoms with Gasteiger partial charge in [0.2, 0.25) is 0 Å². The van der Waals surface area contributed by atoms with Gasteiger partial charge in [0.15, 0.2) is 11.6 Å². The fourth-order valence-corrected chi connectivity index (χ4v) is 3.07. The van der Waals surface area contributed by atoms with Crippen LogP contribution in [0.3, 0.4) is 0 Å². The van der Waals surface area contributed by atoms with Gasteiger partial charge in [-0.15, -0.1) is 0 Å². The second-order valence-corrected chi connectivity index (χ2v) is 5.91. The lowest BCUT2D eigenvalue weighted by molar-refractivity contribution is 0.0995. The first-order chi connectivity index (χ1) is 10.9. The van der Waals surface area contributed by atoms with Crippen molar-refractivity contribution in [1.82, 2.24) is 0 Å². The quantitative estimate of drug-likeness (QED) is 0.826. The molecule has 1 aliphatic carbocycles. The van der Waals surface area contributed by atoms with Crippen LogP contribution in [0.2, 0.25) is 0 Å². The van der Waals surface area contributed by atoms with Gasteiger partial charge in [-0.3, -0.25) is 9.59 Å². The molecular formula is C19H18N2O2. The molecule has 2 aromatic rings. The van der Waals surface area contributed by atoms with E-state index in [1.165, 1.54) is 17.7 Å². The molecule has 3 rings (SSSR count). The summed E-state index contributed by atoms with van der Waals surface area (Å²) in [6.45, 7) is 6.07. The molecule has 2 aromatic carbocycles. The number of nitrogens with two attached hydrogens (primary N) is 1. The summed E-state index contributed by atoms with van der Waals surface area (Å²) in [5.41, 5.74) is 11.7. The van der Waals surface area contributed by atoms with Crippen LogP contribution >= 0.6 is 0 Å². The van der Waals surface area contributed by atoms with Crippen molar-refractivity contribution in [2.24, 2.45) is 0 Å². The van der Waals surface area contributed by atoms with E-state index in [0.29, 0.717) is 16.9 Å². The molecule has 4 nitrogen and oxygen atoms in total. The Balaban J connectivity index is 2.16. The first-order valence-electron chi connectivity index (χ1n) is 7.42. The number of ketones is 2. The fraction of sp³-hybridized carbons (Fsp3) is 0.158. The summed E-state index contributed by atoms with van der Waals surface area (Å²) in [5.74, 6) is -0.449. The summed E-state index contributed by atoms with van der Waals surface area (Å²) in [5, 5.41) is 3.31. The summed E-state index contributed by atoms with van der Waals surface area (Å²) < 4.78 is 0. The minimum absolute atomic E-state index is 0.211. The van der Waals surface area contributed by atoms with Crippen LogP contribution in [0.1, 0.15) is 37.4 Å². The standard InChI is InChI=1S/C19H18N2O2/c1-10-8-11(2)19(12(3)9-10)21-14-5-4-13(20)17-15(22)6-7-16(23)18(14)17/h4-9,21H,20H2,1-3H3. The summed E-state index contributed by atoms with van der Waals surface area (Å²) in [4.78, 5) is 24.4. The van der Waals surface area contributed by atoms with Crippen molar-refractivity contribution in [3.05, 3.63) is 64.2 Å². The SMILES string of the molecule is Cc1cc(C)c(Nc2ccc(N)c3c2C(=O)C=CC3=O)c(C)c1. The minimum atomic E-state index is -0.238. The molecular weight excluding hydrogens is 288 g/mol. The molecule has 0 atom stereocenters. The highest BCUT2D eigenvalue weighted by Crippen LogP contribution is 2.33. The molecule has 0 bridgehead atoms. The number of hydrogen-bond acceptors (Lipinski definition) is 4. The summed E-state index contributed by atoms with van der Waals surface area (Å²) in [6.07, 6.45) is 2.57. The highest BCUT2D eigenvalue weighted by molar-refractivity contribution is 6.26. The molecule has 0 amide bonds. The maximum atomic E-state index is 12.3. The largest absolute Gasteiger partial charge is 0.398 e. The highest BCUT2D eigenvalue weighted by atomic mass is 16.1. The molecule has 0 aromatic heterocycles. The van der Waals surface area contributed by atoms with E-state index in [9.17, 15) is 9.59 Å². The third-order valence-electron chi connectivity index (χ3n) is 4.05. The van der Waals surface area contributed by atoms with Crippen molar-refractivity contribution in [2.75, 3.05) is 11.1 Å². The molecule has 3 N–H and O–H groups in total. The molecule has 0 heterocycles. The first-order valence-corrected chi connectivity index (χ1v) is 7.42. The van der Waals surface area contributed by atoms with Gasteiger partial charge in [-0.2, -0.15) is 0 Å². The van der Waals surface area contributed by atoms with E-state index < -0.39 is 0 Å². The summed E-state index contributed by atoms with van der Waals surface area (Å²) in [7, 11) is 0. The predicted octanol–water partition coefficient (Wildman–Crippen LogP) is 3.87. The number of fused-ring (bicyclic) bond motifs is 1. The van der Waals surface area contributed by atoms with Gasteiger partial charge >= 0.3 is 0 Å². The van der Waals surface area contributed by atoms with E-state index in [4.69, 9.17) is 5.73 Å². The zero-order valence-corrected chi connectivity index (χ0v) is 13.4. The molecule has 0 saturated carbocycles. The van der Waals surface area contributed by atoms with Crippen LogP contribution in [0.25, 0.3) is 0 Å². The van der Waals surface area contributed by atoms with Crippen molar-refractivity contribution in [3.8, 4) is 0 Å². The Labute approximate surface area is 135 Å². The Hall–Kier alpha value is -2.88. The Morgan fingerprint density at radius 1 is 0.870 bits per heavy atom. The van der Waals surface area contributed by atoms with Crippen molar-refractivity contribution in [2.45, 2.75) is 20.8 Å². The lowest BCUT2D eigenvalue weighted by Crippen LogP contribution is -2.16. The van der Waals surface area contributed by atoms with Gasteiger partial charge in [-0.25, -0.2) is 0 Å². The van der Waals surface area contributed by atoms with E-state index in [0.717, 1.165) is 16.8 Å². The highest BCUT2D eigenvalue weighted by Gasteiger charge is 2.25. The van der Waals surface area contributed by atoms with Gasteiger partial charge in [0, 0.05) is 11.4 Å². The van der Waals surface area contributed by atoms with E-state index >= 15 is 0 Å². The molecule has 0 spiro atoms. The molecule has 0 radical (unpaired) electrons. The molecule has 23 heavy (non-hydrogen) atoms. The van der Waals surface area contributed by atoms with Crippen LogP contribution in [0.5, 0.6) is 0 Å². The predicted molar refractivity (Wildman–Crippen MR) is 92.6 cm³/mol. The Bertz CT molecular complexity index is 856. The van der Waals surface area contributed by atoms with Crippen molar-refractivity contribution in [3.63, 3.8) is 0 Å². The van der Waals surface area contributed by atoms with Gasteiger partial charge < -0.3 is 11.1 Å². The van der Waals surface area contributed by atoms with Crippen LogP contribution in [0.4, 0.5) is 17.1 Å². The normalized spacial score (nSPS) is 13.2. The van der Waals surface area contributed by atoms with Crippen LogP contribution in [0.15, 0.2) is 36.4 Å². The van der Waals surface area contributed by atoms with Crippen LogP contribution in [0, 0.1) is 20.8 Å². The number of aryl methyl sites for hydroxylation is 3. The van der Waals surface area contributed by atoms with E-state index in [1.54, 1.807) is 12.1 Å². The lowest BCUT2D eigenvalue weighted by Gasteiger charge is -2.19. The van der Waals surface area contributed by atoms with Gasteiger partial charge in [-0.05, 0) is 56.2 Å². The Morgan fingerprint density at radius 3 is 2.04 bits per heavy atom. The Morgan fingerprint density at radius 2 is 1.43 bits per heavy atom. The van der Waals surface area contributed by atoms with Crippen molar-refractivity contribution >= 4 is 28.6 Å². The fourth-order valence-electron chi connectivity index (χ4n) is 3.07. The van der Waals surface area contributed by atoms with Crippen LogP contribution < -0.4 is 11.1 Å². The number of allylic oxidation sites excluding steroid dienone is 2. The number of benzene rings is 2. The number of anilines is 3. The van der Waals surface area contributed by atoms with E-state index in [2.05, 4.69) is 17.4 Å². The average molecular weight is 306 g/mol. The average Bonchev–Trinajstić information content (AvgIpc) is 2.48. The molecule has 4 heteroatoms. The Kier molecular flexibility index (Phi) is 3.52. The smallest absolute Gasteiger partial charge is 0.188 e. The van der Waals surface area contributed by atoms with Gasteiger partial charge in [0.1, 0.15) is 0 Å². The van der Waals surface area contributed by atoms with Gasteiger partial charge in [-0.1, -0.05) is 17.7 Å². The van der Waals surface area contributed by atoms with E-state index in [-0.39, 0.29) is 17.1 Å². The zero-order valence-electron chi connectivity index (χ0n) is 13.4. The lowest BCUT2D eigenvalue weighted by atomic mass is 9.91. The first kappa shape index (κ1) is 15.0. The molecule has 0 saturated heterocycles. The minimum Gasteiger partial charge on any atom is -0.398 e. The topological polar surface area (TPSA) is 72.2 Å². The molecule has 116 valence electrons. The van der Waals surface area contributed by atoms with Crippen LogP contribution in [-0.4, -0.2) is 11.6 Å². The van der Waals surface area contributed by atoms with Crippen molar-refractivity contribution < 1.29 is 9.59 Å². The number of carbonyl (C=O) groups excluding carboxylic acids is 2. The molecule has 0 aliphatic heterocycles. The van der Waals surface area contributed by atoms with Crippen LogP contribution in [-0.2, 0) is 0 Å². The monoisotopic (exact) mass is 306 g/mol. The number of nitrogen functional groups attached to an aromatic ring is 1. The summed E-state index contributed by atoms with van der Waals surface area (Å²) in [6, 6.07) is 7.56. The molecule has 0 unspecified atom stereocenters. The number of rotatable bonds is 2. The second-order valence-electron chi connectivity index (χ2n) is 5.91. The third kappa shape index (κ3) is 2.52. The number of nitrogens with one attached hydrogen (secondary N) is 1. The maximum absolute atomic E-state index is 12.3. The van der Waals surface area contributed by atoms with Crippen molar-refractivity contribution in [1.29, 1.82) is 0 Å². The van der Waals surface area contributed by atoms with E-state index in [1.807, 2.05) is 20.8 Å². The summed E-state index contributed by atoms with van der Waals surface area (Å²) >= 11 is 0. The molecule has 1 aliphatic rings. The molecule has 0 fully saturated rings. The zero-order chi connectivity index (χ0) is 16.7.